The van der Waals surface area contributed by atoms with Crippen molar-refractivity contribution in [3.63, 3.8) is 0 Å². The van der Waals surface area contributed by atoms with E-state index in [9.17, 15) is 28.6 Å². The van der Waals surface area contributed by atoms with Gasteiger partial charge in [-0.2, -0.15) is 0 Å². The molecule has 3 rings (SSSR count). The molecule has 0 saturated heterocycles. The fourth-order valence-electron chi connectivity index (χ4n) is 2.05. The highest BCUT2D eigenvalue weighted by atomic mass is 32.2. The van der Waals surface area contributed by atoms with Crippen molar-refractivity contribution in [1.29, 1.82) is 0 Å². The van der Waals surface area contributed by atoms with Crippen LogP contribution in [-0.2, 0) is 9.84 Å². The standard InChI is InChI=1S/C12H6N2O7S/c15-13(16)7-1-3-9-11(5-7)22(19,20)12-6-8(14(17)18)2-4-10(12)21-9/h1-6H. The first-order valence-electron chi connectivity index (χ1n) is 5.80. The molecule has 2 aromatic carbocycles. The second-order valence-electron chi connectivity index (χ2n) is 4.38. The zero-order valence-corrected chi connectivity index (χ0v) is 11.4. The van der Waals surface area contributed by atoms with Gasteiger partial charge in [0.05, 0.1) is 9.85 Å². The van der Waals surface area contributed by atoms with Gasteiger partial charge in [0, 0.05) is 24.3 Å². The van der Waals surface area contributed by atoms with Gasteiger partial charge >= 0.3 is 0 Å². The van der Waals surface area contributed by atoms with Gasteiger partial charge in [-0.3, -0.25) is 20.2 Å². The summed E-state index contributed by atoms with van der Waals surface area (Å²) in [6.45, 7) is 0. The van der Waals surface area contributed by atoms with Crippen LogP contribution >= 0.6 is 0 Å². The third kappa shape index (κ3) is 1.97. The number of fused-ring (bicyclic) bond motifs is 2. The van der Waals surface area contributed by atoms with Crippen LogP contribution in [-0.4, -0.2) is 18.3 Å². The molecule has 22 heavy (non-hydrogen) atoms. The van der Waals surface area contributed by atoms with Crippen LogP contribution in [0.5, 0.6) is 11.5 Å². The molecule has 0 spiro atoms. The molecule has 1 aliphatic rings. The Kier molecular flexibility index (Phi) is 2.85. The first-order valence-corrected chi connectivity index (χ1v) is 7.29. The molecule has 9 nitrogen and oxygen atoms in total. The highest BCUT2D eigenvalue weighted by Crippen LogP contribution is 2.44. The molecule has 0 atom stereocenters. The third-order valence-electron chi connectivity index (χ3n) is 3.08. The molecule has 112 valence electrons. The van der Waals surface area contributed by atoms with Gasteiger partial charge in [0.15, 0.2) is 0 Å². The molecule has 0 aliphatic carbocycles. The molecule has 0 aromatic heterocycles. The van der Waals surface area contributed by atoms with E-state index < -0.39 is 40.8 Å². The van der Waals surface area contributed by atoms with E-state index in [1.54, 1.807) is 0 Å². The van der Waals surface area contributed by atoms with E-state index in [1.165, 1.54) is 12.1 Å². The van der Waals surface area contributed by atoms with Gasteiger partial charge < -0.3 is 4.74 Å². The van der Waals surface area contributed by atoms with Crippen LogP contribution in [0, 0.1) is 20.2 Å². The summed E-state index contributed by atoms with van der Waals surface area (Å²) >= 11 is 0. The number of nitrogens with zero attached hydrogens (tertiary/aromatic N) is 2. The van der Waals surface area contributed by atoms with Crippen molar-refractivity contribution in [2.75, 3.05) is 0 Å². The Morgan fingerprint density at radius 1 is 0.818 bits per heavy atom. The van der Waals surface area contributed by atoms with Gasteiger partial charge in [0.1, 0.15) is 21.3 Å². The van der Waals surface area contributed by atoms with E-state index in [-0.39, 0.29) is 11.5 Å². The van der Waals surface area contributed by atoms with Crippen molar-refractivity contribution in [2.45, 2.75) is 9.79 Å². The second kappa shape index (κ2) is 4.49. The van der Waals surface area contributed by atoms with Gasteiger partial charge in [-0.1, -0.05) is 0 Å². The summed E-state index contributed by atoms with van der Waals surface area (Å²) < 4.78 is 30.4. The summed E-state index contributed by atoms with van der Waals surface area (Å²) in [6, 6.07) is 6.32. The van der Waals surface area contributed by atoms with Crippen LogP contribution in [0.3, 0.4) is 0 Å². The van der Waals surface area contributed by atoms with Crippen LogP contribution in [0.1, 0.15) is 0 Å². The summed E-state index contributed by atoms with van der Waals surface area (Å²) in [6.07, 6.45) is 0. The smallest absolute Gasteiger partial charge is 0.271 e. The molecule has 10 heteroatoms. The lowest BCUT2D eigenvalue weighted by Crippen LogP contribution is -2.11. The zero-order chi connectivity index (χ0) is 16.1. The zero-order valence-electron chi connectivity index (χ0n) is 10.6. The minimum Gasteiger partial charge on any atom is -0.455 e. The predicted octanol–water partition coefficient (Wildman–Crippen LogP) is 2.44. The fraction of sp³-hybridized carbons (Fsp3) is 0. The van der Waals surface area contributed by atoms with Crippen LogP contribution < -0.4 is 4.74 Å². The summed E-state index contributed by atoms with van der Waals surface area (Å²) in [5.41, 5.74) is -0.834. The molecular weight excluding hydrogens is 316 g/mol. The molecule has 2 aromatic rings. The van der Waals surface area contributed by atoms with Gasteiger partial charge in [0.2, 0.25) is 9.84 Å². The molecule has 1 heterocycles. The maximum atomic E-state index is 12.5. The van der Waals surface area contributed by atoms with E-state index in [4.69, 9.17) is 4.74 Å². The lowest BCUT2D eigenvalue weighted by Gasteiger charge is -2.19. The Morgan fingerprint density at radius 2 is 1.23 bits per heavy atom. The Labute approximate surface area is 123 Å². The lowest BCUT2D eigenvalue weighted by molar-refractivity contribution is -0.385. The molecule has 0 amide bonds. The number of non-ortho nitro benzene ring substituents is 2. The van der Waals surface area contributed by atoms with Crippen LogP contribution in [0.15, 0.2) is 46.2 Å². The highest BCUT2D eigenvalue weighted by molar-refractivity contribution is 7.91. The van der Waals surface area contributed by atoms with Crippen molar-refractivity contribution in [1.82, 2.24) is 0 Å². The first kappa shape index (κ1) is 13.9. The topological polar surface area (TPSA) is 130 Å². The van der Waals surface area contributed by atoms with E-state index >= 15 is 0 Å². The highest BCUT2D eigenvalue weighted by Gasteiger charge is 2.34. The number of ether oxygens (including phenoxy) is 1. The van der Waals surface area contributed by atoms with Crippen LogP contribution in [0.25, 0.3) is 0 Å². The minimum atomic E-state index is -4.15. The molecule has 0 N–H and O–H groups in total. The Hall–Kier alpha value is -3.01. The predicted molar refractivity (Wildman–Crippen MR) is 71.7 cm³/mol. The third-order valence-corrected chi connectivity index (χ3v) is 4.87. The number of hydrogen-bond acceptors (Lipinski definition) is 7. The number of hydrogen-bond donors (Lipinski definition) is 0. The van der Waals surface area contributed by atoms with Gasteiger partial charge in [-0.15, -0.1) is 0 Å². The molecule has 0 fully saturated rings. The van der Waals surface area contributed by atoms with Crippen molar-refractivity contribution in [3.8, 4) is 11.5 Å². The maximum Gasteiger partial charge on any atom is 0.271 e. The van der Waals surface area contributed by atoms with E-state index in [0.717, 1.165) is 24.3 Å². The van der Waals surface area contributed by atoms with Crippen molar-refractivity contribution in [2.24, 2.45) is 0 Å². The quantitative estimate of drug-likeness (QED) is 0.523. The summed E-state index contributed by atoms with van der Waals surface area (Å²) in [5, 5.41) is 21.5. The number of rotatable bonds is 2. The minimum absolute atomic E-state index is 0.0630. The monoisotopic (exact) mass is 322 g/mol. The van der Waals surface area contributed by atoms with E-state index in [2.05, 4.69) is 0 Å². The second-order valence-corrected chi connectivity index (χ2v) is 6.27. The molecule has 0 bridgehead atoms. The Bertz CT molecular complexity index is 867. The molecule has 0 saturated carbocycles. The largest absolute Gasteiger partial charge is 0.455 e. The fourth-order valence-corrected chi connectivity index (χ4v) is 3.58. The Balaban J connectivity index is 2.26. The number of benzene rings is 2. The van der Waals surface area contributed by atoms with Gasteiger partial charge in [-0.05, 0) is 12.1 Å². The van der Waals surface area contributed by atoms with Crippen LogP contribution in [0.4, 0.5) is 11.4 Å². The average Bonchev–Trinajstić information content (AvgIpc) is 2.46. The van der Waals surface area contributed by atoms with Crippen LogP contribution in [0.2, 0.25) is 0 Å². The average molecular weight is 322 g/mol. The SMILES string of the molecule is O=[N+]([O-])c1ccc2c(c1)S(=O)(=O)c1cc([N+](=O)[O-])ccc1O2. The summed E-state index contributed by atoms with van der Waals surface area (Å²) in [4.78, 5) is 19.3. The Morgan fingerprint density at radius 3 is 1.59 bits per heavy atom. The van der Waals surface area contributed by atoms with Crippen molar-refractivity contribution < 1.29 is 23.0 Å². The number of nitro groups is 2. The van der Waals surface area contributed by atoms with Crippen molar-refractivity contribution >= 4 is 21.2 Å². The molecular formula is C12H6N2O7S. The molecule has 0 unspecified atom stereocenters. The normalized spacial score (nSPS) is 14.4. The number of sulfone groups is 1. The lowest BCUT2D eigenvalue weighted by atomic mass is 10.2. The molecule has 0 radical (unpaired) electrons. The van der Waals surface area contributed by atoms with Crippen molar-refractivity contribution in [3.05, 3.63) is 56.6 Å². The summed E-state index contributed by atoms with van der Waals surface area (Å²) in [5.74, 6) is -0.126. The number of nitro benzene ring substituents is 2. The molecule has 1 aliphatic heterocycles. The summed E-state index contributed by atoms with van der Waals surface area (Å²) in [7, 11) is -4.15. The van der Waals surface area contributed by atoms with E-state index in [0.29, 0.717) is 0 Å². The maximum absolute atomic E-state index is 12.5. The first-order chi connectivity index (χ1) is 10.3. The van der Waals surface area contributed by atoms with Gasteiger partial charge in [0.25, 0.3) is 11.4 Å². The van der Waals surface area contributed by atoms with E-state index in [1.807, 2.05) is 0 Å². The van der Waals surface area contributed by atoms with Gasteiger partial charge in [-0.25, -0.2) is 8.42 Å².